The number of nitrogens with one attached hydrogen (secondary N) is 1. The molecule has 0 amide bonds. The number of hydrogen-bond acceptors (Lipinski definition) is 5. The Kier molecular flexibility index (Phi) is 4.57. The van der Waals surface area contributed by atoms with E-state index in [4.69, 9.17) is 0 Å². The predicted octanol–water partition coefficient (Wildman–Crippen LogP) is 3.28. The van der Waals surface area contributed by atoms with Crippen LogP contribution in [0, 0.1) is 0 Å². The number of aromatic nitrogens is 2. The van der Waals surface area contributed by atoms with Crippen LogP contribution in [-0.4, -0.2) is 38.5 Å². The summed E-state index contributed by atoms with van der Waals surface area (Å²) in [5.74, 6) is 0.359. The molecule has 1 unspecified atom stereocenters. The number of oxime groups is 1. The monoisotopic (exact) mass is 368 g/mol. The quantitative estimate of drug-likeness (QED) is 0.420. The van der Waals surface area contributed by atoms with Crippen LogP contribution in [0.25, 0.3) is 11.0 Å². The van der Waals surface area contributed by atoms with Crippen LogP contribution in [0.4, 0.5) is 5.69 Å². The van der Waals surface area contributed by atoms with Crippen molar-refractivity contribution in [3.63, 3.8) is 0 Å². The smallest absolute Gasteiger partial charge is 0.321 e. The lowest BCUT2D eigenvalue weighted by atomic mass is 9.96. The fraction of sp³-hybridized carbons (Fsp3) is 0.263. The number of para-hydroxylation sites is 3. The Balaban J connectivity index is 1.70. The summed E-state index contributed by atoms with van der Waals surface area (Å²) in [7, 11) is 0. The molecule has 0 saturated heterocycles. The van der Waals surface area contributed by atoms with Crippen molar-refractivity contribution in [1.82, 2.24) is 9.97 Å². The molecule has 0 bridgehead atoms. The molecule has 1 aliphatic heterocycles. The molecule has 1 atom stereocenters. The molecule has 0 fully saturated rings. The molecular weight excluding hydrogens is 348 g/mol. The van der Waals surface area contributed by atoms with Crippen molar-refractivity contribution in [2.45, 2.75) is 24.3 Å². The average Bonchev–Trinajstić information content (AvgIpc) is 3.11. The lowest BCUT2D eigenvalue weighted by molar-refractivity contribution is 0.318. The molecule has 2 heterocycles. The van der Waals surface area contributed by atoms with Crippen LogP contribution in [0.2, 0.25) is 0 Å². The Labute approximate surface area is 154 Å². The van der Waals surface area contributed by atoms with Gasteiger partial charge in [-0.05, 0) is 19.1 Å². The molecule has 0 saturated carbocycles. The van der Waals surface area contributed by atoms with E-state index in [2.05, 4.69) is 26.9 Å². The molecule has 4 rings (SSSR count). The Bertz CT molecular complexity index is 936. The Hall–Kier alpha value is -2.51. The van der Waals surface area contributed by atoms with Crippen LogP contribution in [0.15, 0.2) is 52.8 Å². The Morgan fingerprint density at radius 1 is 1.27 bits per heavy atom. The number of H-pyrrole nitrogens is 1. The van der Waals surface area contributed by atoms with Crippen molar-refractivity contribution in [3.8, 4) is 0 Å². The lowest BCUT2D eigenvalue weighted by Gasteiger charge is -2.32. The van der Waals surface area contributed by atoms with Gasteiger partial charge in [0.25, 0.3) is 0 Å². The molecule has 0 spiro atoms. The number of aromatic amines is 1. The molecule has 1 aromatic heterocycles. The second kappa shape index (κ2) is 7.01. The molecule has 2 aromatic carbocycles. The van der Waals surface area contributed by atoms with E-state index in [0.29, 0.717) is 23.0 Å². The van der Waals surface area contributed by atoms with E-state index in [1.54, 1.807) is 0 Å². The second-order valence-corrected chi connectivity index (χ2v) is 7.61. The third-order valence-corrected chi connectivity index (χ3v) is 5.94. The molecule has 3 aromatic rings. The van der Waals surface area contributed by atoms with Crippen molar-refractivity contribution in [2.75, 3.05) is 18.0 Å². The summed E-state index contributed by atoms with van der Waals surface area (Å²) in [4.78, 5) is 9.86. The molecule has 134 valence electrons. The summed E-state index contributed by atoms with van der Waals surface area (Å²) >= 11 is -1.29. The molecule has 2 N–H and O–H groups in total. The summed E-state index contributed by atoms with van der Waals surface area (Å²) < 4.78 is 12.9. The van der Waals surface area contributed by atoms with Crippen LogP contribution in [-0.2, 0) is 16.9 Å². The van der Waals surface area contributed by atoms with Gasteiger partial charge in [0, 0.05) is 41.8 Å². The summed E-state index contributed by atoms with van der Waals surface area (Å²) in [5.41, 5.74) is 5.29. The maximum atomic E-state index is 12.9. The van der Waals surface area contributed by atoms with Gasteiger partial charge in [-0.1, -0.05) is 35.5 Å². The third-order valence-electron chi connectivity index (χ3n) is 4.74. The zero-order valence-electron chi connectivity index (χ0n) is 14.5. The third kappa shape index (κ3) is 2.93. The first-order valence-electron chi connectivity index (χ1n) is 8.62. The minimum Gasteiger partial charge on any atom is -0.609 e. The van der Waals surface area contributed by atoms with E-state index in [1.165, 1.54) is 0 Å². The molecule has 26 heavy (non-hydrogen) atoms. The van der Waals surface area contributed by atoms with Crippen molar-refractivity contribution in [1.29, 1.82) is 0 Å². The van der Waals surface area contributed by atoms with Gasteiger partial charge in [0.1, 0.15) is 5.75 Å². The van der Waals surface area contributed by atoms with Crippen molar-refractivity contribution in [2.24, 2.45) is 5.16 Å². The highest BCUT2D eigenvalue weighted by atomic mass is 32.2. The van der Waals surface area contributed by atoms with Crippen LogP contribution in [0.1, 0.15) is 24.5 Å². The number of fused-ring (bicyclic) bond motifs is 2. The molecule has 0 aliphatic carbocycles. The van der Waals surface area contributed by atoms with Gasteiger partial charge in [-0.25, -0.2) is 0 Å². The predicted molar refractivity (Wildman–Crippen MR) is 103 cm³/mol. The Morgan fingerprint density at radius 2 is 2.12 bits per heavy atom. The zero-order chi connectivity index (χ0) is 18.1. The minimum absolute atomic E-state index is 0.359. The molecule has 1 aliphatic rings. The SMILES string of the molecule is CCN1CCC(=NO)c2cccc(C[S+]([O-])c3nc4ccccc4[nH]3)c21. The molecule has 7 heteroatoms. The van der Waals surface area contributed by atoms with E-state index in [0.717, 1.165) is 40.9 Å². The van der Waals surface area contributed by atoms with Crippen LogP contribution in [0.3, 0.4) is 0 Å². The van der Waals surface area contributed by atoms with E-state index < -0.39 is 11.2 Å². The number of anilines is 1. The van der Waals surface area contributed by atoms with E-state index >= 15 is 0 Å². The summed E-state index contributed by atoms with van der Waals surface area (Å²) in [6.07, 6.45) is 0.702. The van der Waals surface area contributed by atoms with Gasteiger partial charge in [-0.15, -0.1) is 0 Å². The minimum atomic E-state index is -1.29. The Morgan fingerprint density at radius 3 is 2.88 bits per heavy atom. The summed E-state index contributed by atoms with van der Waals surface area (Å²) in [5, 5.41) is 13.3. The van der Waals surface area contributed by atoms with Gasteiger partial charge < -0.3 is 14.7 Å². The standard InChI is InChI=1S/C19H20N4O2S/c1-2-23-11-10-15(22-24)14-7-5-6-13(18(14)23)12-26(25)19-20-16-8-3-4-9-17(16)21-19/h3-9,24H,2,10-12H2,1H3,(H,20,21). The number of hydrogen-bond donors (Lipinski definition) is 2. The van der Waals surface area contributed by atoms with Gasteiger partial charge >= 0.3 is 5.16 Å². The molecular formula is C19H20N4O2S. The fourth-order valence-corrected chi connectivity index (χ4v) is 4.54. The highest BCUT2D eigenvalue weighted by molar-refractivity contribution is 7.90. The zero-order valence-corrected chi connectivity index (χ0v) is 15.3. The first kappa shape index (κ1) is 16.9. The van der Waals surface area contributed by atoms with E-state index in [-0.39, 0.29) is 0 Å². The van der Waals surface area contributed by atoms with Crippen molar-refractivity contribution >= 4 is 33.6 Å². The first-order chi connectivity index (χ1) is 12.7. The van der Waals surface area contributed by atoms with Gasteiger partial charge in [0.2, 0.25) is 0 Å². The van der Waals surface area contributed by atoms with Crippen molar-refractivity contribution in [3.05, 3.63) is 53.6 Å². The largest absolute Gasteiger partial charge is 0.609 e. The first-order valence-corrected chi connectivity index (χ1v) is 9.94. The van der Waals surface area contributed by atoms with Gasteiger partial charge in [0.05, 0.1) is 22.4 Å². The van der Waals surface area contributed by atoms with Gasteiger partial charge in [-0.3, -0.25) is 4.98 Å². The van der Waals surface area contributed by atoms with Gasteiger partial charge in [-0.2, -0.15) is 4.98 Å². The number of imidazole rings is 1. The number of rotatable bonds is 4. The normalized spacial score (nSPS) is 16.8. The van der Waals surface area contributed by atoms with E-state index in [9.17, 15) is 9.76 Å². The number of benzene rings is 2. The van der Waals surface area contributed by atoms with E-state index in [1.807, 2.05) is 42.5 Å². The van der Waals surface area contributed by atoms with Gasteiger partial charge in [0.15, 0.2) is 0 Å². The molecule has 6 nitrogen and oxygen atoms in total. The average molecular weight is 368 g/mol. The van der Waals surface area contributed by atoms with Crippen molar-refractivity contribution < 1.29 is 9.76 Å². The topological polar surface area (TPSA) is 87.6 Å². The lowest BCUT2D eigenvalue weighted by Crippen LogP contribution is -2.33. The molecule has 0 radical (unpaired) electrons. The van der Waals surface area contributed by atoms with Crippen LogP contribution in [0.5, 0.6) is 0 Å². The summed E-state index contributed by atoms with van der Waals surface area (Å²) in [6, 6.07) is 13.5. The second-order valence-electron chi connectivity index (χ2n) is 6.24. The van der Waals surface area contributed by atoms with Crippen LogP contribution < -0.4 is 4.90 Å². The highest BCUT2D eigenvalue weighted by Gasteiger charge is 2.27. The maximum absolute atomic E-state index is 12.9. The van der Waals surface area contributed by atoms with Crippen LogP contribution >= 0.6 is 0 Å². The maximum Gasteiger partial charge on any atom is 0.321 e. The highest BCUT2D eigenvalue weighted by Crippen LogP contribution is 2.33. The fourth-order valence-electron chi connectivity index (χ4n) is 3.47. The number of nitrogens with zero attached hydrogens (tertiary/aromatic N) is 3. The summed E-state index contributed by atoms with van der Waals surface area (Å²) in [6.45, 7) is 3.73.